The maximum atomic E-state index is 13.4. The van der Waals surface area contributed by atoms with Crippen molar-refractivity contribution in [3.8, 4) is 0 Å². The molecule has 28 heavy (non-hydrogen) atoms. The van der Waals surface area contributed by atoms with Gasteiger partial charge in [0.25, 0.3) is 5.91 Å². The Kier molecular flexibility index (Phi) is 6.26. The van der Waals surface area contributed by atoms with Gasteiger partial charge in [0, 0.05) is 36.8 Å². The molecule has 5 nitrogen and oxygen atoms in total. The molecule has 148 valence electrons. The Morgan fingerprint density at radius 3 is 2.32 bits per heavy atom. The van der Waals surface area contributed by atoms with E-state index in [4.69, 9.17) is 16.3 Å². The van der Waals surface area contributed by atoms with Crippen LogP contribution in [0.2, 0.25) is 5.02 Å². The van der Waals surface area contributed by atoms with E-state index in [0.717, 1.165) is 12.1 Å². The number of carbonyl (C=O) groups excluding carboxylic acids is 2. The molecular formula is C20H19ClF2N2O3. The third-order valence-electron chi connectivity index (χ3n) is 4.76. The minimum atomic E-state index is -1.06. The molecule has 1 fully saturated rings. The maximum Gasteiger partial charge on any atom is 0.327 e. The van der Waals surface area contributed by atoms with Crippen molar-refractivity contribution >= 4 is 23.5 Å². The Labute approximate surface area is 166 Å². The number of hydrogen-bond donors (Lipinski definition) is 0. The number of piperazine rings is 1. The fourth-order valence-corrected chi connectivity index (χ4v) is 3.52. The average molecular weight is 409 g/mol. The summed E-state index contributed by atoms with van der Waals surface area (Å²) in [6.07, 6.45) is 0. The van der Waals surface area contributed by atoms with Crippen LogP contribution in [0.1, 0.15) is 22.0 Å². The second-order valence-electron chi connectivity index (χ2n) is 6.40. The molecule has 0 unspecified atom stereocenters. The molecule has 0 aliphatic carbocycles. The minimum absolute atomic E-state index is 0.0861. The van der Waals surface area contributed by atoms with E-state index in [-0.39, 0.29) is 11.5 Å². The molecule has 0 N–H and O–H groups in total. The smallest absolute Gasteiger partial charge is 0.327 e. The molecule has 0 bridgehead atoms. The van der Waals surface area contributed by atoms with Crippen LogP contribution in [0.5, 0.6) is 0 Å². The van der Waals surface area contributed by atoms with E-state index in [1.54, 1.807) is 29.2 Å². The molecule has 1 aliphatic rings. The van der Waals surface area contributed by atoms with E-state index < -0.39 is 23.6 Å². The third-order valence-corrected chi connectivity index (χ3v) is 5.10. The highest BCUT2D eigenvalue weighted by atomic mass is 35.5. The summed E-state index contributed by atoms with van der Waals surface area (Å²) in [4.78, 5) is 28.4. The first kappa shape index (κ1) is 20.2. The van der Waals surface area contributed by atoms with Crippen LogP contribution in [0.25, 0.3) is 0 Å². The number of nitrogens with zero attached hydrogens (tertiary/aromatic N) is 2. The zero-order valence-corrected chi connectivity index (χ0v) is 16.0. The fourth-order valence-electron chi connectivity index (χ4n) is 3.28. The van der Waals surface area contributed by atoms with Crippen molar-refractivity contribution in [3.05, 3.63) is 70.2 Å². The molecule has 1 atom stereocenters. The number of carbonyl (C=O) groups is 2. The zero-order chi connectivity index (χ0) is 20.3. The number of benzene rings is 2. The second kappa shape index (κ2) is 8.67. The number of halogens is 3. The van der Waals surface area contributed by atoms with Crippen LogP contribution in [-0.2, 0) is 9.53 Å². The summed E-state index contributed by atoms with van der Waals surface area (Å²) in [7, 11) is 1.31. The number of methoxy groups -OCH3 is 1. The molecule has 0 radical (unpaired) electrons. The minimum Gasteiger partial charge on any atom is -0.468 e. The van der Waals surface area contributed by atoms with Gasteiger partial charge in [-0.05, 0) is 29.8 Å². The lowest BCUT2D eigenvalue weighted by Gasteiger charge is -2.38. The van der Waals surface area contributed by atoms with E-state index in [0.29, 0.717) is 36.8 Å². The maximum absolute atomic E-state index is 13.4. The predicted octanol–water partition coefficient (Wildman–Crippen LogP) is 3.29. The molecule has 1 aliphatic heterocycles. The Bertz CT molecular complexity index is 886. The van der Waals surface area contributed by atoms with Crippen molar-refractivity contribution in [2.75, 3.05) is 33.3 Å². The predicted molar refractivity (Wildman–Crippen MR) is 100 cm³/mol. The number of amides is 1. The summed E-state index contributed by atoms with van der Waals surface area (Å²) >= 11 is 6.26. The van der Waals surface area contributed by atoms with Crippen LogP contribution < -0.4 is 0 Å². The first-order valence-electron chi connectivity index (χ1n) is 8.73. The van der Waals surface area contributed by atoms with Crippen molar-refractivity contribution in [2.45, 2.75) is 6.04 Å². The van der Waals surface area contributed by atoms with Crippen LogP contribution in [0.4, 0.5) is 8.78 Å². The number of esters is 1. The Morgan fingerprint density at radius 2 is 1.71 bits per heavy atom. The summed E-state index contributed by atoms with van der Waals surface area (Å²) in [6.45, 7) is 1.46. The third kappa shape index (κ3) is 4.15. The second-order valence-corrected chi connectivity index (χ2v) is 6.81. The van der Waals surface area contributed by atoms with Crippen molar-refractivity contribution in [2.24, 2.45) is 0 Å². The first-order chi connectivity index (χ1) is 13.4. The average Bonchev–Trinajstić information content (AvgIpc) is 2.71. The highest BCUT2D eigenvalue weighted by Crippen LogP contribution is 2.29. The van der Waals surface area contributed by atoms with Crippen LogP contribution in [0, 0.1) is 11.6 Å². The van der Waals surface area contributed by atoms with Crippen molar-refractivity contribution in [1.82, 2.24) is 9.80 Å². The summed E-state index contributed by atoms with van der Waals surface area (Å²) in [5, 5.41) is 0.457. The quantitative estimate of drug-likeness (QED) is 0.728. The highest BCUT2D eigenvalue weighted by Gasteiger charge is 2.33. The molecule has 3 rings (SSSR count). The number of hydrogen-bond acceptors (Lipinski definition) is 4. The van der Waals surface area contributed by atoms with Crippen LogP contribution in [0.3, 0.4) is 0 Å². The van der Waals surface area contributed by atoms with Gasteiger partial charge in [-0.3, -0.25) is 9.69 Å². The van der Waals surface area contributed by atoms with Gasteiger partial charge in [0.1, 0.15) is 6.04 Å². The lowest BCUT2D eigenvalue weighted by molar-refractivity contribution is -0.148. The van der Waals surface area contributed by atoms with Gasteiger partial charge < -0.3 is 9.64 Å². The van der Waals surface area contributed by atoms with E-state index in [9.17, 15) is 18.4 Å². The molecular weight excluding hydrogens is 390 g/mol. The largest absolute Gasteiger partial charge is 0.468 e. The first-order valence-corrected chi connectivity index (χ1v) is 9.10. The van der Waals surface area contributed by atoms with Gasteiger partial charge in [-0.1, -0.05) is 29.8 Å². The summed E-state index contributed by atoms with van der Waals surface area (Å²) in [5.74, 6) is -2.88. The van der Waals surface area contributed by atoms with E-state index >= 15 is 0 Å². The molecule has 1 saturated heterocycles. The molecule has 2 aromatic rings. The van der Waals surface area contributed by atoms with Gasteiger partial charge in [-0.25, -0.2) is 13.6 Å². The van der Waals surface area contributed by atoms with E-state index in [1.165, 1.54) is 13.2 Å². The fraction of sp³-hybridized carbons (Fsp3) is 0.300. The van der Waals surface area contributed by atoms with Gasteiger partial charge in [0.2, 0.25) is 0 Å². The summed E-state index contributed by atoms with van der Waals surface area (Å²) in [6, 6.07) is 9.44. The van der Waals surface area contributed by atoms with Crippen LogP contribution in [-0.4, -0.2) is 55.0 Å². The molecule has 0 saturated carbocycles. The van der Waals surface area contributed by atoms with Gasteiger partial charge in [0.15, 0.2) is 11.6 Å². The molecule has 8 heteroatoms. The monoisotopic (exact) mass is 408 g/mol. The van der Waals surface area contributed by atoms with Crippen LogP contribution in [0.15, 0.2) is 42.5 Å². The van der Waals surface area contributed by atoms with Gasteiger partial charge in [-0.2, -0.15) is 0 Å². The van der Waals surface area contributed by atoms with Gasteiger partial charge in [-0.15, -0.1) is 0 Å². The Hall–Kier alpha value is -2.51. The van der Waals surface area contributed by atoms with Crippen molar-refractivity contribution in [3.63, 3.8) is 0 Å². The van der Waals surface area contributed by atoms with Crippen LogP contribution >= 0.6 is 11.6 Å². The van der Waals surface area contributed by atoms with Gasteiger partial charge >= 0.3 is 5.97 Å². The Balaban J connectivity index is 1.73. The SMILES string of the molecule is COC(=O)[C@H](c1ccccc1Cl)N1CCN(C(=O)c2ccc(F)c(F)c2)CC1. The normalized spacial score (nSPS) is 15.9. The Morgan fingerprint density at radius 1 is 1.04 bits per heavy atom. The molecule has 0 spiro atoms. The topological polar surface area (TPSA) is 49.9 Å². The van der Waals surface area contributed by atoms with Gasteiger partial charge in [0.05, 0.1) is 7.11 Å². The van der Waals surface area contributed by atoms with E-state index in [2.05, 4.69) is 0 Å². The molecule has 1 amide bonds. The standard InChI is InChI=1S/C20H19ClF2N2O3/c1-28-20(27)18(14-4-2-3-5-15(14)21)24-8-10-25(11-9-24)19(26)13-6-7-16(22)17(23)12-13/h2-7,12,18H,8-11H2,1H3/t18-/m0/s1. The zero-order valence-electron chi connectivity index (χ0n) is 15.2. The molecule has 2 aromatic carbocycles. The van der Waals surface area contributed by atoms with Crippen molar-refractivity contribution in [1.29, 1.82) is 0 Å². The number of ether oxygens (including phenoxy) is 1. The highest BCUT2D eigenvalue weighted by molar-refractivity contribution is 6.31. The lowest BCUT2D eigenvalue weighted by atomic mass is 10.0. The summed E-state index contributed by atoms with van der Waals surface area (Å²) < 4.78 is 31.4. The number of rotatable bonds is 4. The van der Waals surface area contributed by atoms with Crippen molar-refractivity contribution < 1.29 is 23.1 Å². The molecule has 0 aromatic heterocycles. The van der Waals surface area contributed by atoms with E-state index in [1.807, 2.05) is 4.90 Å². The summed E-state index contributed by atoms with van der Waals surface area (Å²) in [5.41, 5.74) is 0.722. The lowest BCUT2D eigenvalue weighted by Crippen LogP contribution is -2.51. The molecule has 1 heterocycles.